The van der Waals surface area contributed by atoms with Gasteiger partial charge in [-0.05, 0) is 32.0 Å². The fraction of sp³-hybridized carbons (Fsp3) is 0.643. The molecule has 0 spiro atoms. The third-order valence-corrected chi connectivity index (χ3v) is 3.72. The van der Waals surface area contributed by atoms with Gasteiger partial charge in [-0.15, -0.1) is 0 Å². The molecule has 1 saturated heterocycles. The number of hydrogen-bond donors (Lipinski definition) is 1. The van der Waals surface area contributed by atoms with Crippen molar-refractivity contribution in [3.05, 3.63) is 23.8 Å². The van der Waals surface area contributed by atoms with Crippen LogP contribution in [0.3, 0.4) is 0 Å². The predicted octanol–water partition coefficient (Wildman–Crippen LogP) is 1.72. The molecule has 1 fully saturated rings. The molecule has 0 bridgehead atoms. The Balaban J connectivity index is 2.25. The van der Waals surface area contributed by atoms with Crippen LogP contribution in [-0.4, -0.2) is 46.1 Å². The third-order valence-electron chi connectivity index (χ3n) is 3.72. The van der Waals surface area contributed by atoms with E-state index in [9.17, 15) is 9.90 Å². The zero-order valence-electron chi connectivity index (χ0n) is 11.7. The Bertz CT molecular complexity index is 462. The van der Waals surface area contributed by atoms with Crippen molar-refractivity contribution in [2.75, 3.05) is 20.1 Å². The number of aliphatic carboxylic acids is 1. The van der Waals surface area contributed by atoms with Gasteiger partial charge in [0.25, 0.3) is 0 Å². The van der Waals surface area contributed by atoms with E-state index in [1.165, 1.54) is 0 Å². The molecular weight excluding hydrogens is 242 g/mol. The van der Waals surface area contributed by atoms with Crippen LogP contribution in [0.4, 0.5) is 0 Å². The first-order valence-electron chi connectivity index (χ1n) is 6.73. The molecule has 1 N–H and O–H groups in total. The lowest BCUT2D eigenvalue weighted by atomic mass is 9.94. The van der Waals surface area contributed by atoms with Gasteiger partial charge in [-0.1, -0.05) is 13.8 Å². The molecule has 0 aliphatic carbocycles. The van der Waals surface area contributed by atoms with Gasteiger partial charge >= 0.3 is 5.97 Å². The molecule has 0 saturated carbocycles. The summed E-state index contributed by atoms with van der Waals surface area (Å²) in [6.45, 7) is 5.82. The highest BCUT2D eigenvalue weighted by molar-refractivity contribution is 5.75. The second-order valence-electron chi connectivity index (χ2n) is 5.65. The molecular formula is C14H21N3O2. The van der Waals surface area contributed by atoms with Gasteiger partial charge in [0.15, 0.2) is 0 Å². The van der Waals surface area contributed by atoms with Crippen LogP contribution in [0.25, 0.3) is 0 Å². The van der Waals surface area contributed by atoms with Crippen LogP contribution >= 0.6 is 0 Å². The van der Waals surface area contributed by atoms with Crippen molar-refractivity contribution in [1.29, 1.82) is 0 Å². The molecule has 0 aromatic carbocycles. The lowest BCUT2D eigenvalue weighted by Crippen LogP contribution is -2.21. The summed E-state index contributed by atoms with van der Waals surface area (Å²) in [4.78, 5) is 22.3. The van der Waals surface area contributed by atoms with E-state index in [1.54, 1.807) is 6.20 Å². The lowest BCUT2D eigenvalue weighted by Gasteiger charge is -2.16. The summed E-state index contributed by atoms with van der Waals surface area (Å²) in [5.41, 5.74) is 0.973. The molecule has 2 rings (SSSR count). The van der Waals surface area contributed by atoms with E-state index in [2.05, 4.69) is 21.9 Å². The van der Waals surface area contributed by atoms with Crippen molar-refractivity contribution in [2.45, 2.75) is 32.1 Å². The summed E-state index contributed by atoms with van der Waals surface area (Å²) in [7, 11) is 2.09. The molecule has 0 radical (unpaired) electrons. The average molecular weight is 263 g/mol. The third kappa shape index (κ3) is 3.10. The van der Waals surface area contributed by atoms with E-state index >= 15 is 0 Å². The molecule has 19 heavy (non-hydrogen) atoms. The maximum absolute atomic E-state index is 11.3. The SMILES string of the molecule is CC(C)C(C(=O)O)c1nccc(C2CCN(C)C2)n1. The van der Waals surface area contributed by atoms with Crippen molar-refractivity contribution >= 4 is 5.97 Å². The molecule has 1 aliphatic rings. The van der Waals surface area contributed by atoms with Gasteiger partial charge in [0.1, 0.15) is 11.7 Å². The first-order chi connectivity index (χ1) is 8.99. The average Bonchev–Trinajstić information content (AvgIpc) is 2.75. The number of nitrogens with zero attached hydrogens (tertiary/aromatic N) is 3. The fourth-order valence-corrected chi connectivity index (χ4v) is 2.64. The largest absolute Gasteiger partial charge is 0.481 e. The van der Waals surface area contributed by atoms with Crippen molar-refractivity contribution in [3.63, 3.8) is 0 Å². The van der Waals surface area contributed by atoms with Gasteiger partial charge in [-0.2, -0.15) is 0 Å². The summed E-state index contributed by atoms with van der Waals surface area (Å²) in [6.07, 6.45) is 2.76. The minimum atomic E-state index is -0.851. The highest BCUT2D eigenvalue weighted by Gasteiger charge is 2.28. The Hall–Kier alpha value is -1.49. The van der Waals surface area contributed by atoms with Crippen LogP contribution in [0.5, 0.6) is 0 Å². The maximum Gasteiger partial charge on any atom is 0.314 e. The van der Waals surface area contributed by atoms with Gasteiger partial charge < -0.3 is 10.0 Å². The Kier molecular flexibility index (Phi) is 4.14. The first-order valence-corrected chi connectivity index (χ1v) is 6.73. The van der Waals surface area contributed by atoms with Crippen molar-refractivity contribution in [3.8, 4) is 0 Å². The monoisotopic (exact) mass is 263 g/mol. The van der Waals surface area contributed by atoms with Crippen molar-refractivity contribution < 1.29 is 9.90 Å². The molecule has 2 unspecified atom stereocenters. The number of carboxylic acids is 1. The molecule has 1 aromatic heterocycles. The van der Waals surface area contributed by atoms with E-state index in [0.717, 1.165) is 25.2 Å². The van der Waals surface area contributed by atoms with Crippen LogP contribution in [-0.2, 0) is 4.79 Å². The van der Waals surface area contributed by atoms with Gasteiger partial charge in [0.2, 0.25) is 0 Å². The number of rotatable bonds is 4. The number of carboxylic acid groups (broad SMARTS) is 1. The number of hydrogen-bond acceptors (Lipinski definition) is 4. The predicted molar refractivity (Wildman–Crippen MR) is 72.1 cm³/mol. The van der Waals surface area contributed by atoms with Crippen LogP contribution in [0.15, 0.2) is 12.3 Å². The molecule has 5 nitrogen and oxygen atoms in total. The minimum Gasteiger partial charge on any atom is -0.481 e. The van der Waals surface area contributed by atoms with Gasteiger partial charge in [-0.3, -0.25) is 4.79 Å². The molecule has 1 aliphatic heterocycles. The summed E-state index contributed by atoms with van der Waals surface area (Å²) < 4.78 is 0. The van der Waals surface area contributed by atoms with E-state index in [4.69, 9.17) is 0 Å². The second kappa shape index (κ2) is 5.65. The van der Waals surface area contributed by atoms with E-state index < -0.39 is 11.9 Å². The van der Waals surface area contributed by atoms with Crippen LogP contribution in [0, 0.1) is 5.92 Å². The smallest absolute Gasteiger partial charge is 0.314 e. The van der Waals surface area contributed by atoms with Crippen LogP contribution in [0.2, 0.25) is 0 Å². The Morgan fingerprint density at radius 3 is 2.79 bits per heavy atom. The molecule has 1 aromatic rings. The highest BCUT2D eigenvalue weighted by atomic mass is 16.4. The fourth-order valence-electron chi connectivity index (χ4n) is 2.64. The Morgan fingerprint density at radius 1 is 1.53 bits per heavy atom. The van der Waals surface area contributed by atoms with Crippen molar-refractivity contribution in [2.24, 2.45) is 5.92 Å². The Morgan fingerprint density at radius 2 is 2.26 bits per heavy atom. The van der Waals surface area contributed by atoms with Gasteiger partial charge in [0.05, 0.1) is 0 Å². The molecule has 2 atom stereocenters. The summed E-state index contributed by atoms with van der Waals surface area (Å²) in [5, 5.41) is 9.31. The highest BCUT2D eigenvalue weighted by Crippen LogP contribution is 2.27. The summed E-state index contributed by atoms with van der Waals surface area (Å²) in [6, 6.07) is 1.91. The standard InChI is InChI=1S/C14H21N3O2/c1-9(2)12(14(18)19)13-15-6-4-11(16-13)10-5-7-17(3)8-10/h4,6,9-10,12H,5,7-8H2,1-3H3,(H,18,19). The van der Waals surface area contributed by atoms with Crippen LogP contribution in [0.1, 0.15) is 43.6 Å². The van der Waals surface area contributed by atoms with Crippen molar-refractivity contribution in [1.82, 2.24) is 14.9 Å². The molecule has 5 heteroatoms. The number of likely N-dealkylation sites (N-methyl/N-ethyl adjacent to an activating group) is 1. The van der Waals surface area contributed by atoms with E-state index in [1.807, 2.05) is 19.9 Å². The quantitative estimate of drug-likeness (QED) is 0.896. The Labute approximate surface area is 113 Å². The second-order valence-corrected chi connectivity index (χ2v) is 5.65. The summed E-state index contributed by atoms with van der Waals surface area (Å²) >= 11 is 0. The number of carbonyl (C=O) groups is 1. The molecule has 104 valence electrons. The molecule has 0 amide bonds. The maximum atomic E-state index is 11.3. The van der Waals surface area contributed by atoms with E-state index in [-0.39, 0.29) is 5.92 Å². The van der Waals surface area contributed by atoms with E-state index in [0.29, 0.717) is 11.7 Å². The zero-order valence-corrected chi connectivity index (χ0v) is 11.7. The minimum absolute atomic E-state index is 0.0148. The summed E-state index contributed by atoms with van der Waals surface area (Å²) in [5.74, 6) is -0.656. The zero-order chi connectivity index (χ0) is 14.0. The number of aromatic nitrogens is 2. The van der Waals surface area contributed by atoms with Gasteiger partial charge in [0, 0.05) is 24.4 Å². The normalized spacial score (nSPS) is 21.8. The van der Waals surface area contributed by atoms with Crippen LogP contribution < -0.4 is 0 Å². The van der Waals surface area contributed by atoms with Gasteiger partial charge in [-0.25, -0.2) is 9.97 Å². The first kappa shape index (κ1) is 13.9. The molecule has 2 heterocycles. The lowest BCUT2D eigenvalue weighted by molar-refractivity contribution is -0.140. The number of likely N-dealkylation sites (tertiary alicyclic amines) is 1. The topological polar surface area (TPSA) is 66.3 Å².